The zero-order valence-electron chi connectivity index (χ0n) is 16.8. The molecular weight excluding hydrogens is 410 g/mol. The number of fused-ring (bicyclic) bond motifs is 1. The summed E-state index contributed by atoms with van der Waals surface area (Å²) in [6, 6.07) is 6.06. The molecule has 2 amide bonds. The van der Waals surface area contributed by atoms with Crippen LogP contribution in [-0.2, 0) is 11.2 Å². The number of nitro groups is 1. The lowest BCUT2D eigenvalue weighted by Crippen LogP contribution is -2.48. The zero-order chi connectivity index (χ0) is 22.3. The average Bonchev–Trinajstić information content (AvgIpc) is 3.17. The molecule has 0 aliphatic carbocycles. The van der Waals surface area contributed by atoms with Gasteiger partial charge in [-0.2, -0.15) is 0 Å². The van der Waals surface area contributed by atoms with Crippen LogP contribution >= 0.6 is 0 Å². The van der Waals surface area contributed by atoms with Crippen LogP contribution in [0.25, 0.3) is 0 Å². The summed E-state index contributed by atoms with van der Waals surface area (Å²) < 4.78 is 27.7. The minimum absolute atomic E-state index is 0.0473. The van der Waals surface area contributed by atoms with Crippen molar-refractivity contribution < 1.29 is 23.3 Å². The number of carbonyl (C=O) groups excluding carboxylic acids is 2. The monoisotopic (exact) mass is 430 g/mol. The maximum absolute atomic E-state index is 14.0. The summed E-state index contributed by atoms with van der Waals surface area (Å²) in [4.78, 5) is 40.4. The largest absolute Gasteiger partial charge is 0.362 e. The predicted molar refractivity (Wildman–Crippen MR) is 109 cm³/mol. The van der Waals surface area contributed by atoms with E-state index in [-0.39, 0.29) is 41.4 Å². The van der Waals surface area contributed by atoms with Gasteiger partial charge in [-0.3, -0.25) is 19.7 Å². The number of hydrogen-bond acceptors (Lipinski definition) is 5. The van der Waals surface area contributed by atoms with Gasteiger partial charge in [0.05, 0.1) is 10.6 Å². The van der Waals surface area contributed by atoms with E-state index in [2.05, 4.69) is 0 Å². The molecule has 2 aromatic rings. The van der Waals surface area contributed by atoms with Gasteiger partial charge in [0.25, 0.3) is 11.6 Å². The van der Waals surface area contributed by atoms with Crippen LogP contribution in [0.1, 0.15) is 22.8 Å². The molecule has 2 aromatic carbocycles. The number of halogens is 2. The smallest absolute Gasteiger partial charge is 0.293 e. The van der Waals surface area contributed by atoms with Crippen molar-refractivity contribution >= 4 is 28.9 Å². The summed E-state index contributed by atoms with van der Waals surface area (Å²) in [5.74, 6) is -2.10. The third-order valence-corrected chi connectivity index (χ3v) is 5.74. The van der Waals surface area contributed by atoms with Crippen LogP contribution in [0.4, 0.5) is 25.8 Å². The molecule has 0 N–H and O–H groups in total. The normalized spacial score (nSPS) is 15.8. The zero-order valence-corrected chi connectivity index (χ0v) is 16.8. The summed E-state index contributed by atoms with van der Waals surface area (Å²) in [5, 5.41) is 11.7. The third kappa shape index (κ3) is 3.80. The SMILES string of the molecule is CC(=O)N1CCN(c2ccc(C(=O)N3CCc4c(F)cc(F)cc43)cc2[N+](=O)[O-])CC1. The van der Waals surface area contributed by atoms with Crippen molar-refractivity contribution in [1.29, 1.82) is 0 Å². The van der Waals surface area contributed by atoms with E-state index in [0.717, 1.165) is 12.1 Å². The van der Waals surface area contributed by atoms with Gasteiger partial charge >= 0.3 is 0 Å². The van der Waals surface area contributed by atoms with Crippen LogP contribution < -0.4 is 9.80 Å². The number of anilines is 2. The number of piperazine rings is 1. The number of hydrogen-bond donors (Lipinski definition) is 0. The summed E-state index contributed by atoms with van der Waals surface area (Å²) in [6.45, 7) is 3.42. The summed E-state index contributed by atoms with van der Waals surface area (Å²) >= 11 is 0. The topological polar surface area (TPSA) is 87.0 Å². The van der Waals surface area contributed by atoms with Gasteiger partial charge in [0, 0.05) is 62.9 Å². The molecular formula is C21H20F2N4O4. The van der Waals surface area contributed by atoms with Crippen molar-refractivity contribution in [2.75, 3.05) is 42.5 Å². The molecule has 0 atom stereocenters. The molecule has 0 saturated carbocycles. The molecule has 10 heteroatoms. The maximum atomic E-state index is 14.0. The Morgan fingerprint density at radius 2 is 1.71 bits per heavy atom. The highest BCUT2D eigenvalue weighted by atomic mass is 19.1. The quantitative estimate of drug-likeness (QED) is 0.552. The van der Waals surface area contributed by atoms with Gasteiger partial charge in [-0.1, -0.05) is 0 Å². The highest BCUT2D eigenvalue weighted by Gasteiger charge is 2.31. The molecule has 4 rings (SSSR count). The number of amides is 2. The van der Waals surface area contributed by atoms with E-state index in [9.17, 15) is 28.5 Å². The van der Waals surface area contributed by atoms with Crippen LogP contribution in [-0.4, -0.2) is 54.4 Å². The molecule has 8 nitrogen and oxygen atoms in total. The second-order valence-corrected chi connectivity index (χ2v) is 7.55. The Kier molecular flexibility index (Phi) is 5.30. The van der Waals surface area contributed by atoms with Gasteiger partial charge in [0.15, 0.2) is 0 Å². The Bertz CT molecular complexity index is 1080. The van der Waals surface area contributed by atoms with Gasteiger partial charge in [-0.15, -0.1) is 0 Å². The first-order valence-corrected chi connectivity index (χ1v) is 9.85. The van der Waals surface area contributed by atoms with Gasteiger partial charge in [-0.05, 0) is 24.6 Å². The first kappa shape index (κ1) is 20.7. The van der Waals surface area contributed by atoms with Gasteiger partial charge in [0.2, 0.25) is 5.91 Å². The van der Waals surface area contributed by atoms with Gasteiger partial charge in [0.1, 0.15) is 17.3 Å². The second kappa shape index (κ2) is 7.93. The van der Waals surface area contributed by atoms with E-state index >= 15 is 0 Å². The van der Waals surface area contributed by atoms with E-state index in [0.29, 0.717) is 31.9 Å². The van der Waals surface area contributed by atoms with Crippen molar-refractivity contribution in [1.82, 2.24) is 4.90 Å². The molecule has 2 heterocycles. The Hall–Kier alpha value is -3.56. The average molecular weight is 430 g/mol. The molecule has 0 aromatic heterocycles. The number of carbonyl (C=O) groups is 2. The lowest BCUT2D eigenvalue weighted by molar-refractivity contribution is -0.384. The third-order valence-electron chi connectivity index (χ3n) is 5.74. The highest BCUT2D eigenvalue weighted by Crippen LogP contribution is 2.34. The lowest BCUT2D eigenvalue weighted by Gasteiger charge is -2.35. The van der Waals surface area contributed by atoms with Crippen molar-refractivity contribution in [3.05, 3.63) is 63.2 Å². The first-order chi connectivity index (χ1) is 14.8. The molecule has 162 valence electrons. The number of benzene rings is 2. The Balaban J connectivity index is 1.62. The van der Waals surface area contributed by atoms with Crippen molar-refractivity contribution in [3.63, 3.8) is 0 Å². The molecule has 2 aliphatic rings. The Morgan fingerprint density at radius 1 is 1.00 bits per heavy atom. The van der Waals surface area contributed by atoms with E-state index in [1.807, 2.05) is 4.90 Å². The molecule has 0 radical (unpaired) electrons. The molecule has 2 aliphatic heterocycles. The number of nitro benzene ring substituents is 1. The van der Waals surface area contributed by atoms with E-state index in [4.69, 9.17) is 0 Å². The van der Waals surface area contributed by atoms with Crippen LogP contribution in [0.3, 0.4) is 0 Å². The summed E-state index contributed by atoms with van der Waals surface area (Å²) in [5.41, 5.74) is 0.602. The molecule has 0 unspecified atom stereocenters. The highest BCUT2D eigenvalue weighted by molar-refractivity contribution is 6.08. The van der Waals surface area contributed by atoms with E-state index in [1.54, 1.807) is 4.90 Å². The second-order valence-electron chi connectivity index (χ2n) is 7.55. The lowest BCUT2D eigenvalue weighted by atomic mass is 10.1. The predicted octanol–water partition coefficient (Wildman–Crippen LogP) is 2.74. The number of nitrogens with zero attached hydrogens (tertiary/aromatic N) is 4. The maximum Gasteiger partial charge on any atom is 0.293 e. The Labute approximate surface area is 176 Å². The molecule has 1 fully saturated rings. The van der Waals surface area contributed by atoms with Gasteiger partial charge < -0.3 is 14.7 Å². The standard InChI is InChI=1S/C21H20F2N4O4/c1-13(28)24-6-8-25(9-7-24)18-3-2-14(10-20(18)27(30)31)21(29)26-5-4-16-17(23)11-15(22)12-19(16)26/h2-3,10-12H,4-9H2,1H3. The fourth-order valence-electron chi connectivity index (χ4n) is 4.12. The van der Waals surface area contributed by atoms with Crippen molar-refractivity contribution in [3.8, 4) is 0 Å². The van der Waals surface area contributed by atoms with Crippen molar-refractivity contribution in [2.45, 2.75) is 13.3 Å². The molecule has 31 heavy (non-hydrogen) atoms. The molecule has 1 saturated heterocycles. The molecule has 0 bridgehead atoms. The fourth-order valence-corrected chi connectivity index (χ4v) is 4.12. The van der Waals surface area contributed by atoms with E-state index in [1.165, 1.54) is 30.0 Å². The van der Waals surface area contributed by atoms with Gasteiger partial charge in [-0.25, -0.2) is 8.78 Å². The summed E-state index contributed by atoms with van der Waals surface area (Å²) in [7, 11) is 0. The first-order valence-electron chi connectivity index (χ1n) is 9.85. The summed E-state index contributed by atoms with van der Waals surface area (Å²) in [6.07, 6.45) is 0.244. The minimum atomic E-state index is -0.790. The minimum Gasteiger partial charge on any atom is -0.362 e. The van der Waals surface area contributed by atoms with Crippen LogP contribution in [0, 0.1) is 21.7 Å². The van der Waals surface area contributed by atoms with Crippen molar-refractivity contribution in [2.24, 2.45) is 0 Å². The molecule has 0 spiro atoms. The number of rotatable bonds is 3. The van der Waals surface area contributed by atoms with Crippen LogP contribution in [0.15, 0.2) is 30.3 Å². The Morgan fingerprint density at radius 3 is 2.35 bits per heavy atom. The van der Waals surface area contributed by atoms with E-state index < -0.39 is 22.5 Å². The van der Waals surface area contributed by atoms with Crippen LogP contribution in [0.5, 0.6) is 0 Å². The fraction of sp³-hybridized carbons (Fsp3) is 0.333. The van der Waals surface area contributed by atoms with Crippen LogP contribution in [0.2, 0.25) is 0 Å².